The number of nitrogens with zero attached hydrogens (tertiary/aromatic N) is 1. The van der Waals surface area contributed by atoms with E-state index in [1.165, 1.54) is 6.07 Å². The number of hydrogen-bond donors (Lipinski definition) is 0. The van der Waals surface area contributed by atoms with E-state index in [0.29, 0.717) is 11.1 Å². The van der Waals surface area contributed by atoms with Gasteiger partial charge in [0.2, 0.25) is 0 Å². The fourth-order valence-electron chi connectivity index (χ4n) is 2.80. The lowest BCUT2D eigenvalue weighted by molar-refractivity contribution is -0.137. The van der Waals surface area contributed by atoms with Crippen LogP contribution >= 0.6 is 0 Å². The Balaban J connectivity index is 2.19. The highest BCUT2D eigenvalue weighted by atomic mass is 19.4. The second-order valence-electron chi connectivity index (χ2n) is 5.86. The van der Waals surface area contributed by atoms with E-state index < -0.39 is 11.7 Å². The van der Waals surface area contributed by atoms with Gasteiger partial charge in [-0.2, -0.15) is 13.2 Å². The van der Waals surface area contributed by atoms with Gasteiger partial charge in [0, 0.05) is 16.6 Å². The summed E-state index contributed by atoms with van der Waals surface area (Å²) in [6.45, 7) is 2.09. The van der Waals surface area contributed by atoms with Crippen molar-refractivity contribution in [1.29, 1.82) is 0 Å². The summed E-state index contributed by atoms with van der Waals surface area (Å²) in [6, 6.07) is 15.2. The number of halogens is 3. The predicted octanol–water partition coefficient (Wildman–Crippen LogP) is 6.26. The number of fused-ring (bicyclic) bond motifs is 1. The number of alkyl halides is 3. The SMILES string of the molecule is CCCCc1nc(-c2ccccc2)cc2cc(C(F)(F)F)ccc12. The largest absolute Gasteiger partial charge is 0.416 e. The number of pyridine rings is 1. The zero-order valence-corrected chi connectivity index (χ0v) is 13.4. The molecule has 2 aromatic carbocycles. The number of aryl methyl sites for hydroxylation is 1. The van der Waals surface area contributed by atoms with Crippen LogP contribution in [-0.4, -0.2) is 4.98 Å². The number of hydrogen-bond acceptors (Lipinski definition) is 1. The fraction of sp³-hybridized carbons (Fsp3) is 0.250. The normalized spacial score (nSPS) is 11.8. The molecule has 1 nitrogen and oxygen atoms in total. The summed E-state index contributed by atoms with van der Waals surface area (Å²) in [7, 11) is 0. The maximum absolute atomic E-state index is 13.0. The molecule has 0 saturated carbocycles. The Morgan fingerprint density at radius 3 is 2.38 bits per heavy atom. The third kappa shape index (κ3) is 3.42. The van der Waals surface area contributed by atoms with Gasteiger partial charge in [0.05, 0.1) is 11.3 Å². The van der Waals surface area contributed by atoms with Crippen LogP contribution in [0.1, 0.15) is 31.0 Å². The molecule has 1 aromatic heterocycles. The van der Waals surface area contributed by atoms with Crippen molar-refractivity contribution in [3.05, 3.63) is 65.9 Å². The van der Waals surface area contributed by atoms with E-state index in [1.54, 1.807) is 12.1 Å². The van der Waals surface area contributed by atoms with Gasteiger partial charge in [-0.1, -0.05) is 49.7 Å². The minimum absolute atomic E-state index is 0.588. The summed E-state index contributed by atoms with van der Waals surface area (Å²) in [5.41, 5.74) is 1.87. The molecule has 0 N–H and O–H groups in total. The van der Waals surface area contributed by atoms with Crippen LogP contribution in [0.3, 0.4) is 0 Å². The molecule has 3 aromatic rings. The van der Waals surface area contributed by atoms with Gasteiger partial charge < -0.3 is 0 Å². The zero-order chi connectivity index (χ0) is 17.2. The molecule has 0 atom stereocenters. The average Bonchev–Trinajstić information content (AvgIpc) is 2.59. The first-order valence-corrected chi connectivity index (χ1v) is 8.05. The van der Waals surface area contributed by atoms with Crippen molar-refractivity contribution in [1.82, 2.24) is 4.98 Å². The molecule has 24 heavy (non-hydrogen) atoms. The topological polar surface area (TPSA) is 12.9 Å². The summed E-state index contributed by atoms with van der Waals surface area (Å²) in [6.07, 6.45) is -1.60. The van der Waals surface area contributed by atoms with Gasteiger partial charge in [-0.15, -0.1) is 0 Å². The zero-order valence-electron chi connectivity index (χ0n) is 13.4. The van der Waals surface area contributed by atoms with Gasteiger partial charge in [-0.3, -0.25) is 4.98 Å². The van der Waals surface area contributed by atoms with Crippen molar-refractivity contribution in [2.75, 3.05) is 0 Å². The lowest BCUT2D eigenvalue weighted by atomic mass is 10.0. The summed E-state index contributed by atoms with van der Waals surface area (Å²) in [5, 5.41) is 1.39. The predicted molar refractivity (Wildman–Crippen MR) is 90.8 cm³/mol. The minimum Gasteiger partial charge on any atom is -0.252 e. The van der Waals surface area contributed by atoms with Gasteiger partial charge in [-0.05, 0) is 36.4 Å². The molecular formula is C20H18F3N. The Morgan fingerprint density at radius 2 is 1.71 bits per heavy atom. The highest BCUT2D eigenvalue weighted by Gasteiger charge is 2.30. The lowest BCUT2D eigenvalue weighted by Crippen LogP contribution is -2.05. The van der Waals surface area contributed by atoms with Crippen molar-refractivity contribution in [3.63, 3.8) is 0 Å². The molecular weight excluding hydrogens is 311 g/mol. The minimum atomic E-state index is -4.34. The van der Waals surface area contributed by atoms with E-state index >= 15 is 0 Å². The molecule has 0 radical (unpaired) electrons. The Bertz CT molecular complexity index is 839. The van der Waals surface area contributed by atoms with Crippen LogP contribution in [0, 0.1) is 0 Å². The maximum Gasteiger partial charge on any atom is 0.416 e. The summed E-state index contributed by atoms with van der Waals surface area (Å²) in [5.74, 6) is 0. The van der Waals surface area contributed by atoms with E-state index in [-0.39, 0.29) is 0 Å². The molecule has 124 valence electrons. The molecule has 3 rings (SSSR count). The van der Waals surface area contributed by atoms with Crippen LogP contribution in [0.4, 0.5) is 13.2 Å². The number of rotatable bonds is 4. The van der Waals surface area contributed by atoms with E-state index in [9.17, 15) is 13.2 Å². The van der Waals surface area contributed by atoms with Crippen molar-refractivity contribution in [2.45, 2.75) is 32.4 Å². The quantitative estimate of drug-likeness (QED) is 0.550. The van der Waals surface area contributed by atoms with Crippen LogP contribution in [0.25, 0.3) is 22.0 Å². The Morgan fingerprint density at radius 1 is 0.958 bits per heavy atom. The highest BCUT2D eigenvalue weighted by molar-refractivity contribution is 5.88. The van der Waals surface area contributed by atoms with Gasteiger partial charge in [0.15, 0.2) is 0 Å². The van der Waals surface area contributed by atoms with Gasteiger partial charge in [-0.25, -0.2) is 0 Å². The van der Waals surface area contributed by atoms with Crippen LogP contribution < -0.4 is 0 Å². The highest BCUT2D eigenvalue weighted by Crippen LogP contribution is 2.33. The molecule has 0 bridgehead atoms. The first kappa shape index (κ1) is 16.5. The molecule has 0 aliphatic rings. The second-order valence-corrected chi connectivity index (χ2v) is 5.86. The van der Waals surface area contributed by atoms with Gasteiger partial charge >= 0.3 is 6.18 Å². The molecule has 0 saturated heterocycles. The monoisotopic (exact) mass is 329 g/mol. The molecule has 0 unspecified atom stereocenters. The molecule has 0 aliphatic carbocycles. The van der Waals surface area contributed by atoms with E-state index in [2.05, 4.69) is 6.92 Å². The first-order chi connectivity index (χ1) is 11.5. The molecule has 4 heteroatoms. The Labute approximate surface area is 139 Å². The third-order valence-electron chi connectivity index (χ3n) is 4.07. The molecule has 0 spiro atoms. The van der Waals surface area contributed by atoms with Crippen molar-refractivity contribution in [2.24, 2.45) is 0 Å². The van der Waals surface area contributed by atoms with Crippen LogP contribution in [0.5, 0.6) is 0 Å². The Hall–Kier alpha value is -2.36. The maximum atomic E-state index is 13.0. The number of aromatic nitrogens is 1. The summed E-state index contributed by atoms with van der Waals surface area (Å²) in [4.78, 5) is 4.72. The Kier molecular flexibility index (Phi) is 4.56. The van der Waals surface area contributed by atoms with Crippen LogP contribution in [0.2, 0.25) is 0 Å². The molecule has 0 aliphatic heterocycles. The molecule has 0 fully saturated rings. The number of benzene rings is 2. The third-order valence-corrected chi connectivity index (χ3v) is 4.07. The van der Waals surface area contributed by atoms with Crippen molar-refractivity contribution >= 4 is 10.8 Å². The summed E-state index contributed by atoms with van der Waals surface area (Å²) >= 11 is 0. The van der Waals surface area contributed by atoms with E-state index in [1.807, 2.05) is 30.3 Å². The standard InChI is InChI=1S/C20H18F3N/c1-2-3-9-18-17-11-10-16(20(21,22)23)12-15(17)13-19(24-18)14-7-5-4-6-8-14/h4-8,10-13H,2-3,9H2,1H3. The van der Waals surface area contributed by atoms with Crippen molar-refractivity contribution < 1.29 is 13.2 Å². The van der Waals surface area contributed by atoms with E-state index in [4.69, 9.17) is 4.98 Å². The smallest absolute Gasteiger partial charge is 0.252 e. The van der Waals surface area contributed by atoms with Gasteiger partial charge in [0.25, 0.3) is 0 Å². The summed E-state index contributed by atoms with van der Waals surface area (Å²) < 4.78 is 39.1. The van der Waals surface area contributed by atoms with E-state index in [0.717, 1.165) is 42.0 Å². The van der Waals surface area contributed by atoms with Crippen LogP contribution in [-0.2, 0) is 12.6 Å². The average molecular weight is 329 g/mol. The van der Waals surface area contributed by atoms with Crippen molar-refractivity contribution in [3.8, 4) is 11.3 Å². The number of unbranched alkanes of at least 4 members (excludes halogenated alkanes) is 1. The molecule has 0 amide bonds. The second kappa shape index (κ2) is 6.63. The lowest BCUT2D eigenvalue weighted by Gasteiger charge is -2.12. The first-order valence-electron chi connectivity index (χ1n) is 8.05. The molecule has 1 heterocycles. The van der Waals surface area contributed by atoms with Crippen LogP contribution in [0.15, 0.2) is 54.6 Å². The fourth-order valence-corrected chi connectivity index (χ4v) is 2.80. The van der Waals surface area contributed by atoms with Gasteiger partial charge in [0.1, 0.15) is 0 Å².